The lowest BCUT2D eigenvalue weighted by molar-refractivity contribution is 0.0696. The second kappa shape index (κ2) is 6.24. The molecular formula is C14H8BrClFNO3. The highest BCUT2D eigenvalue weighted by Crippen LogP contribution is 2.21. The number of rotatable bonds is 3. The van der Waals surface area contributed by atoms with E-state index in [0.29, 0.717) is 4.47 Å². The summed E-state index contributed by atoms with van der Waals surface area (Å²) in [7, 11) is 0. The van der Waals surface area contributed by atoms with Gasteiger partial charge in [0.2, 0.25) is 0 Å². The summed E-state index contributed by atoms with van der Waals surface area (Å²) >= 11 is 8.93. The molecule has 0 aliphatic carbocycles. The first-order chi connectivity index (χ1) is 9.86. The van der Waals surface area contributed by atoms with Crippen LogP contribution in [0.5, 0.6) is 0 Å². The minimum absolute atomic E-state index is 0.0764. The zero-order valence-corrected chi connectivity index (χ0v) is 12.7. The molecular weight excluding hydrogens is 365 g/mol. The number of carbonyl (C=O) groups is 2. The second-order valence-electron chi connectivity index (χ2n) is 4.11. The first-order valence-electron chi connectivity index (χ1n) is 5.67. The molecule has 0 saturated carbocycles. The van der Waals surface area contributed by atoms with Crippen LogP contribution < -0.4 is 5.32 Å². The van der Waals surface area contributed by atoms with Gasteiger partial charge in [0.15, 0.2) is 0 Å². The van der Waals surface area contributed by atoms with Gasteiger partial charge in [0, 0.05) is 15.2 Å². The van der Waals surface area contributed by atoms with Crippen LogP contribution in [0.1, 0.15) is 20.7 Å². The fraction of sp³-hybridized carbons (Fsp3) is 0. The van der Waals surface area contributed by atoms with Crippen molar-refractivity contribution in [1.29, 1.82) is 0 Å². The van der Waals surface area contributed by atoms with Crippen molar-refractivity contribution in [3.05, 3.63) is 62.8 Å². The van der Waals surface area contributed by atoms with Crippen molar-refractivity contribution in [2.24, 2.45) is 0 Å². The zero-order valence-electron chi connectivity index (χ0n) is 10.4. The number of amides is 1. The number of anilines is 1. The molecule has 0 atom stereocenters. The SMILES string of the molecule is O=C(O)c1cc(Cl)cc(NC(=O)c2cc(Br)ccc2F)c1. The van der Waals surface area contributed by atoms with Gasteiger partial charge in [0.25, 0.3) is 5.91 Å². The number of halogens is 3. The maximum atomic E-state index is 13.6. The van der Waals surface area contributed by atoms with E-state index in [2.05, 4.69) is 21.2 Å². The maximum Gasteiger partial charge on any atom is 0.335 e. The van der Waals surface area contributed by atoms with Crippen molar-refractivity contribution in [2.45, 2.75) is 0 Å². The Labute approximate surface area is 132 Å². The molecule has 4 nitrogen and oxygen atoms in total. The van der Waals surface area contributed by atoms with E-state index < -0.39 is 17.7 Å². The van der Waals surface area contributed by atoms with Crippen molar-refractivity contribution < 1.29 is 19.1 Å². The molecule has 0 aliphatic rings. The molecule has 1 amide bonds. The molecule has 0 radical (unpaired) electrons. The Hall–Kier alpha value is -1.92. The molecule has 2 aromatic carbocycles. The molecule has 7 heteroatoms. The zero-order chi connectivity index (χ0) is 15.6. The predicted octanol–water partition coefficient (Wildman–Crippen LogP) is 4.19. The van der Waals surface area contributed by atoms with Crippen LogP contribution in [0.2, 0.25) is 5.02 Å². The molecule has 0 aliphatic heterocycles. The van der Waals surface area contributed by atoms with Gasteiger partial charge in [-0.25, -0.2) is 9.18 Å². The third kappa shape index (κ3) is 3.80. The third-order valence-corrected chi connectivity index (χ3v) is 3.29. The van der Waals surface area contributed by atoms with Crippen LogP contribution in [0.3, 0.4) is 0 Å². The Kier molecular flexibility index (Phi) is 4.59. The summed E-state index contributed by atoms with van der Waals surface area (Å²) in [6.07, 6.45) is 0. The molecule has 108 valence electrons. The molecule has 21 heavy (non-hydrogen) atoms. The van der Waals surface area contributed by atoms with E-state index in [1.165, 1.54) is 30.3 Å². The lowest BCUT2D eigenvalue weighted by Crippen LogP contribution is -2.14. The van der Waals surface area contributed by atoms with Crippen LogP contribution in [0.25, 0.3) is 0 Å². The van der Waals surface area contributed by atoms with Crippen LogP contribution in [0.15, 0.2) is 40.9 Å². The van der Waals surface area contributed by atoms with E-state index in [1.54, 1.807) is 0 Å². The van der Waals surface area contributed by atoms with Gasteiger partial charge in [-0.3, -0.25) is 4.79 Å². The second-order valence-corrected chi connectivity index (χ2v) is 5.46. The lowest BCUT2D eigenvalue weighted by Gasteiger charge is -2.08. The highest BCUT2D eigenvalue weighted by Gasteiger charge is 2.14. The summed E-state index contributed by atoms with van der Waals surface area (Å²) in [6.45, 7) is 0. The predicted molar refractivity (Wildman–Crippen MR) is 80.5 cm³/mol. The average Bonchev–Trinajstić information content (AvgIpc) is 2.40. The van der Waals surface area contributed by atoms with Crippen LogP contribution in [-0.2, 0) is 0 Å². The van der Waals surface area contributed by atoms with E-state index in [9.17, 15) is 14.0 Å². The lowest BCUT2D eigenvalue weighted by atomic mass is 10.1. The number of hydrogen-bond donors (Lipinski definition) is 2. The summed E-state index contributed by atoms with van der Waals surface area (Å²) in [4.78, 5) is 22.9. The highest BCUT2D eigenvalue weighted by molar-refractivity contribution is 9.10. The number of hydrogen-bond acceptors (Lipinski definition) is 2. The fourth-order valence-corrected chi connectivity index (χ4v) is 2.25. The number of nitrogens with one attached hydrogen (secondary N) is 1. The Balaban J connectivity index is 2.31. The maximum absolute atomic E-state index is 13.6. The molecule has 0 heterocycles. The van der Waals surface area contributed by atoms with Gasteiger partial charge >= 0.3 is 5.97 Å². The normalized spacial score (nSPS) is 10.2. The van der Waals surface area contributed by atoms with Crippen molar-refractivity contribution >= 4 is 45.1 Å². The van der Waals surface area contributed by atoms with Gasteiger partial charge in [-0.2, -0.15) is 0 Å². The van der Waals surface area contributed by atoms with E-state index in [4.69, 9.17) is 16.7 Å². The van der Waals surface area contributed by atoms with Crippen molar-refractivity contribution in [3.63, 3.8) is 0 Å². The number of carbonyl (C=O) groups excluding carboxylic acids is 1. The molecule has 0 aromatic heterocycles. The Morgan fingerprint density at radius 3 is 2.57 bits per heavy atom. The van der Waals surface area contributed by atoms with Gasteiger partial charge in [-0.15, -0.1) is 0 Å². The largest absolute Gasteiger partial charge is 0.478 e. The van der Waals surface area contributed by atoms with Crippen molar-refractivity contribution in [3.8, 4) is 0 Å². The Bertz CT molecular complexity index is 736. The quantitative estimate of drug-likeness (QED) is 0.849. The van der Waals surface area contributed by atoms with Gasteiger partial charge in [0.1, 0.15) is 5.82 Å². The van der Waals surface area contributed by atoms with Crippen molar-refractivity contribution in [2.75, 3.05) is 5.32 Å². The standard InChI is InChI=1S/C14H8BrClFNO3/c15-8-1-2-12(17)11(5-8)13(19)18-10-4-7(14(20)21)3-9(16)6-10/h1-6H,(H,18,19)(H,20,21). The van der Waals surface area contributed by atoms with Crippen LogP contribution in [-0.4, -0.2) is 17.0 Å². The molecule has 0 fully saturated rings. The minimum Gasteiger partial charge on any atom is -0.478 e. The minimum atomic E-state index is -1.18. The fourth-order valence-electron chi connectivity index (χ4n) is 1.66. The molecule has 0 unspecified atom stereocenters. The van der Waals surface area contributed by atoms with Gasteiger partial charge in [-0.05, 0) is 36.4 Å². The third-order valence-electron chi connectivity index (χ3n) is 2.58. The van der Waals surface area contributed by atoms with Crippen LogP contribution in [0, 0.1) is 5.82 Å². The average molecular weight is 373 g/mol. The molecule has 0 bridgehead atoms. The topological polar surface area (TPSA) is 66.4 Å². The molecule has 2 N–H and O–H groups in total. The number of carboxylic acid groups (broad SMARTS) is 1. The molecule has 0 saturated heterocycles. The van der Waals surface area contributed by atoms with E-state index >= 15 is 0 Å². The van der Waals surface area contributed by atoms with Crippen LogP contribution >= 0.6 is 27.5 Å². The van der Waals surface area contributed by atoms with Crippen molar-refractivity contribution in [1.82, 2.24) is 0 Å². The van der Waals surface area contributed by atoms with E-state index in [1.807, 2.05) is 0 Å². The number of benzene rings is 2. The Morgan fingerprint density at radius 2 is 1.90 bits per heavy atom. The summed E-state index contributed by atoms with van der Waals surface area (Å²) in [5.41, 5.74) is -0.0713. The number of carboxylic acids is 1. The highest BCUT2D eigenvalue weighted by atomic mass is 79.9. The molecule has 0 spiro atoms. The van der Waals surface area contributed by atoms with Gasteiger partial charge in [0.05, 0.1) is 11.1 Å². The first-order valence-corrected chi connectivity index (χ1v) is 6.84. The summed E-state index contributed by atoms with van der Waals surface area (Å²) in [5, 5.41) is 11.5. The van der Waals surface area contributed by atoms with Crippen LogP contribution in [0.4, 0.5) is 10.1 Å². The Morgan fingerprint density at radius 1 is 1.19 bits per heavy atom. The summed E-state index contributed by atoms with van der Waals surface area (Å²) < 4.78 is 14.2. The van der Waals surface area contributed by atoms with E-state index in [-0.39, 0.29) is 21.8 Å². The smallest absolute Gasteiger partial charge is 0.335 e. The summed E-state index contributed by atoms with van der Waals surface area (Å²) in [5.74, 6) is -2.56. The molecule has 2 aromatic rings. The summed E-state index contributed by atoms with van der Waals surface area (Å²) in [6, 6.07) is 7.81. The first kappa shape index (κ1) is 15.5. The number of aromatic carboxylic acids is 1. The molecule has 2 rings (SSSR count). The van der Waals surface area contributed by atoms with Gasteiger partial charge in [-0.1, -0.05) is 27.5 Å². The monoisotopic (exact) mass is 371 g/mol. The van der Waals surface area contributed by atoms with Gasteiger partial charge < -0.3 is 10.4 Å². The van der Waals surface area contributed by atoms with E-state index in [0.717, 1.165) is 6.07 Å².